The number of carbonyl (C=O) groups is 1. The first-order valence-corrected chi connectivity index (χ1v) is 10.1. The lowest BCUT2D eigenvalue weighted by atomic mass is 9.80. The highest BCUT2D eigenvalue weighted by molar-refractivity contribution is 5.97. The van der Waals surface area contributed by atoms with Crippen LogP contribution in [-0.4, -0.2) is 38.9 Å². The smallest absolute Gasteiger partial charge is 0.275 e. The first kappa shape index (κ1) is 21.7. The summed E-state index contributed by atoms with van der Waals surface area (Å²) in [7, 11) is 5.31. The normalized spacial score (nSPS) is 17.6. The average molecular weight is 410 g/mol. The number of nitrogens with one attached hydrogen (secondary N) is 1. The van der Waals surface area contributed by atoms with Crippen molar-refractivity contribution in [3.63, 3.8) is 0 Å². The zero-order valence-corrected chi connectivity index (χ0v) is 18.9. The Morgan fingerprint density at radius 2 is 1.90 bits per heavy atom. The van der Waals surface area contributed by atoms with Crippen molar-refractivity contribution in [2.24, 2.45) is 5.10 Å². The summed E-state index contributed by atoms with van der Waals surface area (Å²) in [5, 5.41) is 4.17. The molecule has 0 saturated carbocycles. The van der Waals surface area contributed by atoms with E-state index in [0.717, 1.165) is 23.3 Å². The number of ether oxygens (including phenoxy) is 2. The van der Waals surface area contributed by atoms with Crippen LogP contribution in [0.3, 0.4) is 0 Å². The molecule has 2 aromatic rings. The van der Waals surface area contributed by atoms with E-state index in [1.807, 2.05) is 19.1 Å². The van der Waals surface area contributed by atoms with Crippen LogP contribution < -0.4 is 19.8 Å². The molecule has 1 atom stereocenters. The lowest BCUT2D eigenvalue weighted by molar-refractivity contribution is 0.0952. The van der Waals surface area contributed by atoms with E-state index in [4.69, 9.17) is 9.47 Å². The molecule has 1 aliphatic heterocycles. The summed E-state index contributed by atoms with van der Waals surface area (Å²) in [6.45, 7) is 8.70. The number of rotatable bonds is 5. The third-order valence-corrected chi connectivity index (χ3v) is 5.96. The molecule has 6 nitrogen and oxygen atoms in total. The van der Waals surface area contributed by atoms with Gasteiger partial charge in [-0.15, -0.1) is 0 Å². The van der Waals surface area contributed by atoms with Gasteiger partial charge >= 0.3 is 0 Å². The van der Waals surface area contributed by atoms with Crippen molar-refractivity contribution in [1.82, 2.24) is 5.43 Å². The molecule has 1 unspecified atom stereocenters. The average Bonchev–Trinajstić information content (AvgIpc) is 2.71. The lowest BCUT2D eigenvalue weighted by Crippen LogP contribution is -2.45. The maximum absolute atomic E-state index is 12.5. The van der Waals surface area contributed by atoms with Crippen LogP contribution in [0.15, 0.2) is 35.4 Å². The Kier molecular flexibility index (Phi) is 6.06. The summed E-state index contributed by atoms with van der Waals surface area (Å²) >= 11 is 0. The van der Waals surface area contributed by atoms with Gasteiger partial charge < -0.3 is 14.4 Å². The predicted molar refractivity (Wildman–Crippen MR) is 121 cm³/mol. The first-order chi connectivity index (χ1) is 14.2. The number of carbonyl (C=O) groups excluding carboxylic acids is 1. The highest BCUT2D eigenvalue weighted by atomic mass is 16.5. The van der Waals surface area contributed by atoms with Crippen molar-refractivity contribution in [2.75, 3.05) is 26.2 Å². The molecule has 0 radical (unpaired) electrons. The van der Waals surface area contributed by atoms with E-state index in [1.165, 1.54) is 11.3 Å². The van der Waals surface area contributed by atoms with Crippen molar-refractivity contribution >= 4 is 17.8 Å². The van der Waals surface area contributed by atoms with E-state index in [0.29, 0.717) is 17.2 Å². The molecule has 0 saturated heterocycles. The molecule has 0 spiro atoms. The number of hydrazone groups is 1. The summed E-state index contributed by atoms with van der Waals surface area (Å²) in [6.07, 6.45) is 2.69. The van der Waals surface area contributed by atoms with Crippen LogP contribution in [0, 0.1) is 6.92 Å². The molecule has 1 amide bonds. The molecule has 0 aromatic heterocycles. The van der Waals surface area contributed by atoms with Crippen LogP contribution in [0.2, 0.25) is 0 Å². The van der Waals surface area contributed by atoms with E-state index >= 15 is 0 Å². The van der Waals surface area contributed by atoms with E-state index in [1.54, 1.807) is 26.5 Å². The Morgan fingerprint density at radius 3 is 2.57 bits per heavy atom. The molecule has 0 fully saturated rings. The highest BCUT2D eigenvalue weighted by Crippen LogP contribution is 2.44. The molecule has 1 heterocycles. The van der Waals surface area contributed by atoms with E-state index in [9.17, 15) is 4.79 Å². The largest absolute Gasteiger partial charge is 0.496 e. The van der Waals surface area contributed by atoms with Gasteiger partial charge in [0.15, 0.2) is 0 Å². The molecular formula is C24H31N3O3. The van der Waals surface area contributed by atoms with Crippen molar-refractivity contribution in [1.29, 1.82) is 0 Å². The van der Waals surface area contributed by atoms with Gasteiger partial charge in [0.1, 0.15) is 11.5 Å². The molecule has 1 aliphatic rings. The van der Waals surface area contributed by atoms with Gasteiger partial charge in [0.2, 0.25) is 0 Å². The highest BCUT2D eigenvalue weighted by Gasteiger charge is 2.34. The molecule has 3 rings (SSSR count). The zero-order valence-electron chi connectivity index (χ0n) is 18.9. The Bertz CT molecular complexity index is 982. The number of fused-ring (bicyclic) bond motifs is 1. The van der Waals surface area contributed by atoms with Crippen LogP contribution in [0.1, 0.15) is 60.2 Å². The SMILES string of the molecule is COc1cc2c(cc1/C=N\NC(=O)c1ccc(C)cc1OC)C(C)CC(C)(C)N2C. The Morgan fingerprint density at radius 1 is 1.20 bits per heavy atom. The van der Waals surface area contributed by atoms with E-state index in [2.05, 4.69) is 55.4 Å². The van der Waals surface area contributed by atoms with Crippen LogP contribution >= 0.6 is 0 Å². The standard InChI is InChI=1S/C24H31N3O3/c1-15-8-9-18(22(10-15)30-7)23(28)26-25-14-17-11-19-16(2)13-24(3,4)27(5)20(19)12-21(17)29-6/h8-12,14,16H,13H2,1-7H3,(H,26,28)/b25-14-. The number of methoxy groups -OCH3 is 2. The van der Waals surface area contributed by atoms with Gasteiger partial charge in [-0.1, -0.05) is 13.0 Å². The number of hydrogen-bond acceptors (Lipinski definition) is 5. The topological polar surface area (TPSA) is 63.2 Å². The van der Waals surface area contributed by atoms with Crippen LogP contribution in [0.5, 0.6) is 11.5 Å². The Balaban J connectivity index is 1.86. The second kappa shape index (κ2) is 8.38. The third-order valence-electron chi connectivity index (χ3n) is 5.96. The van der Waals surface area contributed by atoms with E-state index < -0.39 is 0 Å². The van der Waals surface area contributed by atoms with E-state index in [-0.39, 0.29) is 11.4 Å². The first-order valence-electron chi connectivity index (χ1n) is 10.1. The van der Waals surface area contributed by atoms with Crippen LogP contribution in [-0.2, 0) is 0 Å². The van der Waals surface area contributed by atoms with Crippen molar-refractivity contribution < 1.29 is 14.3 Å². The number of aryl methyl sites for hydroxylation is 1. The number of nitrogens with zero attached hydrogens (tertiary/aromatic N) is 2. The van der Waals surface area contributed by atoms with Gasteiger partial charge in [0.05, 0.1) is 26.0 Å². The van der Waals surface area contributed by atoms with Crippen LogP contribution in [0.4, 0.5) is 5.69 Å². The summed E-state index contributed by atoms with van der Waals surface area (Å²) in [6, 6.07) is 9.58. The second-order valence-corrected chi connectivity index (χ2v) is 8.53. The van der Waals surface area contributed by atoms with Gasteiger partial charge in [-0.2, -0.15) is 5.10 Å². The van der Waals surface area contributed by atoms with Gasteiger partial charge in [-0.05, 0) is 62.4 Å². The lowest BCUT2D eigenvalue weighted by Gasteiger charge is -2.45. The number of anilines is 1. The van der Waals surface area contributed by atoms with Gasteiger partial charge in [-0.3, -0.25) is 4.79 Å². The van der Waals surface area contributed by atoms with Crippen LogP contribution in [0.25, 0.3) is 0 Å². The quantitative estimate of drug-likeness (QED) is 0.583. The molecule has 30 heavy (non-hydrogen) atoms. The molecule has 2 aromatic carbocycles. The van der Waals surface area contributed by atoms with Gasteiger partial charge in [0.25, 0.3) is 5.91 Å². The minimum atomic E-state index is -0.324. The fraction of sp³-hybridized carbons (Fsp3) is 0.417. The zero-order chi connectivity index (χ0) is 22.1. The molecule has 160 valence electrons. The molecule has 0 bridgehead atoms. The number of hydrogen-bond donors (Lipinski definition) is 1. The minimum Gasteiger partial charge on any atom is -0.496 e. The molecule has 6 heteroatoms. The summed E-state index contributed by atoms with van der Waals surface area (Å²) in [5.74, 6) is 1.33. The van der Waals surface area contributed by atoms with Crippen molar-refractivity contribution in [2.45, 2.75) is 45.6 Å². The minimum absolute atomic E-state index is 0.0775. The van der Waals surface area contributed by atoms with Gasteiger partial charge in [0, 0.05) is 29.9 Å². The number of benzene rings is 2. The molecule has 0 aliphatic carbocycles. The fourth-order valence-corrected chi connectivity index (χ4v) is 4.10. The fourth-order valence-electron chi connectivity index (χ4n) is 4.10. The summed E-state index contributed by atoms with van der Waals surface area (Å²) < 4.78 is 10.9. The van der Waals surface area contributed by atoms with Gasteiger partial charge in [-0.25, -0.2) is 5.43 Å². The van der Waals surface area contributed by atoms with Crippen molar-refractivity contribution in [3.05, 3.63) is 52.6 Å². The predicted octanol–water partition coefficient (Wildman–Crippen LogP) is 4.50. The Hall–Kier alpha value is -3.02. The summed E-state index contributed by atoms with van der Waals surface area (Å²) in [4.78, 5) is 14.8. The monoisotopic (exact) mass is 409 g/mol. The van der Waals surface area contributed by atoms with Crippen molar-refractivity contribution in [3.8, 4) is 11.5 Å². The maximum atomic E-state index is 12.5. The summed E-state index contributed by atoms with van der Waals surface area (Å²) in [5.41, 5.74) is 7.38. The molecular weight excluding hydrogens is 378 g/mol. The third kappa shape index (κ3) is 4.13. The number of amides is 1. The Labute approximate surface area is 178 Å². The molecule has 1 N–H and O–H groups in total. The maximum Gasteiger partial charge on any atom is 0.275 e. The second-order valence-electron chi connectivity index (χ2n) is 8.53.